The van der Waals surface area contributed by atoms with Gasteiger partial charge in [0.2, 0.25) is 6.19 Å². The van der Waals surface area contributed by atoms with Crippen molar-refractivity contribution in [1.29, 1.82) is 10.7 Å². The van der Waals surface area contributed by atoms with E-state index in [1.165, 1.54) is 12.1 Å². The Kier molecular flexibility index (Phi) is 5.70. The van der Waals surface area contributed by atoms with Gasteiger partial charge in [0.15, 0.2) is 0 Å². The van der Waals surface area contributed by atoms with E-state index in [4.69, 9.17) is 15.4 Å². The minimum absolute atomic E-state index is 0.0822. The molecule has 4 aromatic rings. The quantitative estimate of drug-likeness (QED) is 0.180. The van der Waals surface area contributed by atoms with E-state index in [0.29, 0.717) is 82.9 Å². The molecule has 13 heteroatoms. The molecule has 42 heavy (non-hydrogen) atoms. The first-order valence-electron chi connectivity index (χ1n) is 12.3. The largest absolute Gasteiger partial charge is 0.425 e. The first-order valence-corrected chi connectivity index (χ1v) is 13.9. The lowest BCUT2D eigenvalue weighted by atomic mass is 10.0. The summed E-state index contributed by atoms with van der Waals surface area (Å²) in [5.41, 5.74) is 4.56. The number of aliphatic imine (C=N–C) groups is 3. The van der Waals surface area contributed by atoms with Gasteiger partial charge in [0.05, 0.1) is 17.1 Å². The van der Waals surface area contributed by atoms with Crippen molar-refractivity contribution < 1.29 is 26.3 Å². The Morgan fingerprint density at radius 2 is 1.29 bits per heavy atom. The lowest BCUT2D eigenvalue weighted by Gasteiger charge is -2.20. The van der Waals surface area contributed by atoms with Crippen LogP contribution in [-0.2, 0) is 12.4 Å². The Balaban J connectivity index is 1.27. The Morgan fingerprint density at radius 1 is 0.714 bits per heavy atom. The van der Waals surface area contributed by atoms with Gasteiger partial charge in [0.1, 0.15) is 27.5 Å². The van der Waals surface area contributed by atoms with Crippen molar-refractivity contribution in [2.45, 2.75) is 24.4 Å². The van der Waals surface area contributed by atoms with Gasteiger partial charge in [-0.25, -0.2) is 0 Å². The van der Waals surface area contributed by atoms with Gasteiger partial charge < -0.3 is 0 Å². The third-order valence-electron chi connectivity index (χ3n) is 7.28. The number of rotatable bonds is 2. The maximum atomic E-state index is 13.2. The number of hydrogen-bond acceptors (Lipinski definition) is 7. The monoisotopic (exact) mass is 609 g/mol. The summed E-state index contributed by atoms with van der Waals surface area (Å²) in [6, 6.07) is 13.7. The summed E-state index contributed by atoms with van der Waals surface area (Å²) < 4.78 is 78.9. The highest BCUT2D eigenvalue weighted by Crippen LogP contribution is 2.45. The van der Waals surface area contributed by atoms with Gasteiger partial charge >= 0.3 is 12.4 Å². The molecule has 2 aromatic heterocycles. The number of nitriles is 1. The fourth-order valence-electron chi connectivity index (χ4n) is 5.43. The molecule has 2 unspecified atom stereocenters. The summed E-state index contributed by atoms with van der Waals surface area (Å²) >= 11 is 1.24. The van der Waals surface area contributed by atoms with E-state index >= 15 is 0 Å². The molecular formula is C29H13F6N5S2. The van der Waals surface area contributed by atoms with E-state index in [-0.39, 0.29) is 5.71 Å². The second-order valence-corrected chi connectivity index (χ2v) is 11.9. The van der Waals surface area contributed by atoms with Crippen LogP contribution in [0.2, 0.25) is 0 Å². The summed E-state index contributed by atoms with van der Waals surface area (Å²) in [6.45, 7) is 0. The molecule has 7 rings (SSSR count). The molecule has 0 amide bonds. The molecule has 0 saturated carbocycles. The van der Waals surface area contributed by atoms with Crippen LogP contribution in [0.15, 0.2) is 75.6 Å². The molecule has 3 heterocycles. The number of hydrogen-bond donors (Lipinski definition) is 1. The highest BCUT2D eigenvalue weighted by molar-refractivity contribution is 7.16. The summed E-state index contributed by atoms with van der Waals surface area (Å²) in [5.74, 6) is 0. The summed E-state index contributed by atoms with van der Waals surface area (Å²) in [6.07, 6.45) is -7.11. The van der Waals surface area contributed by atoms with Crippen molar-refractivity contribution >= 4 is 45.5 Å². The zero-order valence-corrected chi connectivity index (χ0v) is 22.4. The van der Waals surface area contributed by atoms with Crippen LogP contribution < -0.4 is 0 Å². The van der Waals surface area contributed by atoms with Gasteiger partial charge in [-0.1, -0.05) is 24.3 Å². The lowest BCUT2D eigenvalue weighted by molar-refractivity contribution is -0.135. The van der Waals surface area contributed by atoms with E-state index in [1.54, 1.807) is 42.6 Å². The maximum Gasteiger partial charge on any atom is 0.425 e. The molecule has 1 N–H and O–H groups in total. The van der Waals surface area contributed by atoms with Gasteiger partial charge in [0.25, 0.3) is 0 Å². The number of thiophene rings is 2. The molecule has 0 spiro atoms. The third kappa shape index (κ3) is 4.05. The average Bonchev–Trinajstić information content (AvgIpc) is 3.73. The first kappa shape index (κ1) is 26.5. The Bertz CT molecular complexity index is 1970. The van der Waals surface area contributed by atoms with Crippen molar-refractivity contribution in [1.82, 2.24) is 0 Å². The van der Waals surface area contributed by atoms with E-state index in [2.05, 4.69) is 4.99 Å². The van der Waals surface area contributed by atoms with Crippen molar-refractivity contribution in [2.24, 2.45) is 15.0 Å². The average molecular weight is 610 g/mol. The minimum atomic E-state index is -4.46. The van der Waals surface area contributed by atoms with E-state index in [0.717, 1.165) is 12.1 Å². The number of nitrogens with zero attached hydrogens (tertiary/aromatic N) is 4. The number of nitrogens with one attached hydrogen (secondary N) is 1. The van der Waals surface area contributed by atoms with Crippen LogP contribution in [-0.4, -0.2) is 28.9 Å². The fraction of sp³-hybridized carbons (Fsp3) is 0.138. The SMILES string of the molecule is N#CN=C1c2cc(-c3ccc(C(F)(F)F)s3)ccc2C2N=C3C(=N)c4cc(-c5ccc(C(F)(F)F)s5)ccc4C3=NC12. The van der Waals surface area contributed by atoms with Crippen LogP contribution in [0.3, 0.4) is 0 Å². The van der Waals surface area contributed by atoms with E-state index in [1.807, 2.05) is 0 Å². The molecule has 0 radical (unpaired) electrons. The van der Waals surface area contributed by atoms with Crippen LogP contribution in [0, 0.1) is 16.9 Å². The van der Waals surface area contributed by atoms with Crippen molar-refractivity contribution in [3.05, 3.63) is 92.7 Å². The highest BCUT2D eigenvalue weighted by Gasteiger charge is 2.45. The van der Waals surface area contributed by atoms with E-state index < -0.39 is 34.2 Å². The fourth-order valence-corrected chi connectivity index (χ4v) is 7.17. The molecule has 2 atom stereocenters. The van der Waals surface area contributed by atoms with Gasteiger partial charge in [-0.15, -0.1) is 22.7 Å². The zero-order chi connectivity index (χ0) is 29.6. The first-order chi connectivity index (χ1) is 19.9. The highest BCUT2D eigenvalue weighted by atomic mass is 32.1. The number of fused-ring (bicyclic) bond motifs is 6. The second kappa shape index (κ2) is 9.04. The van der Waals surface area contributed by atoms with Crippen LogP contribution in [0.25, 0.3) is 20.9 Å². The Labute approximate surface area is 241 Å². The predicted molar refractivity (Wildman–Crippen MR) is 149 cm³/mol. The van der Waals surface area contributed by atoms with Gasteiger partial charge in [-0.05, 0) is 53.1 Å². The molecule has 2 aromatic carbocycles. The normalized spacial score (nSPS) is 20.0. The van der Waals surface area contributed by atoms with Crippen LogP contribution in [0.1, 0.15) is 38.0 Å². The number of benzene rings is 2. The molecule has 2 aliphatic carbocycles. The number of alkyl halides is 6. The van der Waals surface area contributed by atoms with Crippen LogP contribution >= 0.6 is 22.7 Å². The molecular weight excluding hydrogens is 596 g/mol. The van der Waals surface area contributed by atoms with Gasteiger partial charge in [0, 0.05) is 26.4 Å². The molecule has 0 saturated heterocycles. The molecule has 0 fully saturated rings. The molecule has 208 valence electrons. The topological polar surface area (TPSA) is 84.7 Å². The van der Waals surface area contributed by atoms with E-state index in [9.17, 15) is 31.6 Å². The minimum Gasteiger partial charge on any atom is -0.298 e. The summed E-state index contributed by atoms with van der Waals surface area (Å²) in [5, 5.41) is 18.3. The summed E-state index contributed by atoms with van der Waals surface area (Å²) in [4.78, 5) is 13.1. The van der Waals surface area contributed by atoms with Crippen LogP contribution in [0.5, 0.6) is 0 Å². The van der Waals surface area contributed by atoms with Crippen molar-refractivity contribution in [2.75, 3.05) is 0 Å². The third-order valence-corrected chi connectivity index (χ3v) is 9.64. The lowest BCUT2D eigenvalue weighted by Crippen LogP contribution is -2.29. The Morgan fingerprint density at radius 3 is 1.86 bits per heavy atom. The van der Waals surface area contributed by atoms with Crippen LogP contribution in [0.4, 0.5) is 26.3 Å². The molecule has 5 nitrogen and oxygen atoms in total. The van der Waals surface area contributed by atoms with Gasteiger partial charge in [-0.3, -0.25) is 15.4 Å². The van der Waals surface area contributed by atoms with Crippen molar-refractivity contribution in [3.63, 3.8) is 0 Å². The number of halogens is 6. The maximum absolute atomic E-state index is 13.2. The van der Waals surface area contributed by atoms with Crippen molar-refractivity contribution in [3.8, 4) is 27.1 Å². The molecule has 1 aliphatic heterocycles. The Hall–Kier alpha value is -4.41. The predicted octanol–water partition coefficient (Wildman–Crippen LogP) is 8.20. The molecule has 3 aliphatic rings. The second-order valence-electron chi connectivity index (χ2n) is 9.70. The smallest absolute Gasteiger partial charge is 0.298 e. The zero-order valence-electron chi connectivity index (χ0n) is 20.8. The van der Waals surface area contributed by atoms with Gasteiger partial charge in [-0.2, -0.15) is 36.6 Å². The summed E-state index contributed by atoms with van der Waals surface area (Å²) in [7, 11) is 0. The standard InChI is InChI=1S/C29H13F6N5S2/c30-28(31,32)20-7-5-18(41-20)12-1-3-14-16(9-12)22(37)26-24(14)40-27-23(38-11-36)17-10-13(2-4-15(17)25(27)39-26)19-6-8-21(42-19)29(33,34)35/h1-10,25,27,37H. The molecule has 0 bridgehead atoms.